The molecule has 39 heavy (non-hydrogen) atoms. The van der Waals surface area contributed by atoms with Crippen molar-refractivity contribution >= 4 is 23.4 Å². The molecular weight excluding hydrogens is 536 g/mol. The molecule has 4 N–H and O–H groups in total. The van der Waals surface area contributed by atoms with Gasteiger partial charge in [-0.05, 0) is 24.1 Å². The monoisotopic (exact) mass is 559 g/mol. The fraction of sp³-hybridized carbons (Fsp3) is 0.375. The molecule has 0 aromatic carbocycles. The Morgan fingerprint density at radius 1 is 0.923 bits per heavy atom. The van der Waals surface area contributed by atoms with Crippen LogP contribution in [0.2, 0.25) is 0 Å². The average molecular weight is 559 g/mol. The summed E-state index contributed by atoms with van der Waals surface area (Å²) < 4.78 is 63.5. The second-order valence-corrected chi connectivity index (χ2v) is 8.67. The molecular formula is C24H23F6N5O4. The van der Waals surface area contributed by atoms with Gasteiger partial charge in [-0.1, -0.05) is 32.1 Å². The van der Waals surface area contributed by atoms with Crippen LogP contribution in [0.5, 0.6) is 0 Å². The first-order chi connectivity index (χ1) is 18.3. The van der Waals surface area contributed by atoms with E-state index in [2.05, 4.69) is 26.3 Å². The number of aliphatic carboxylic acids is 2. The molecule has 0 spiro atoms. The van der Waals surface area contributed by atoms with E-state index in [0.717, 1.165) is 52.2 Å². The molecule has 0 saturated heterocycles. The number of rotatable bonds is 2. The summed E-state index contributed by atoms with van der Waals surface area (Å²) in [7, 11) is 0. The largest absolute Gasteiger partial charge is 0.490 e. The third-order valence-corrected chi connectivity index (χ3v) is 5.85. The molecule has 1 aliphatic carbocycles. The number of hydrogen-bond donors (Lipinski definition) is 4. The zero-order valence-corrected chi connectivity index (χ0v) is 20.1. The standard InChI is InChI=1S/C20H21N5.2C2HF3O2/c1-2-5-13(6-3-1)11-17-24-18-14-8-10-21-12-16(14)23-20-15(19(18)25-17)7-4-9-22-20;2*3-2(4,5)1(6)7/h4,7-10,12-13H,1-3,5-6,11H2,(H,22,23)(H,24,25);2*(H,6,7). The molecule has 5 rings (SSSR count). The number of anilines is 2. The third-order valence-electron chi connectivity index (χ3n) is 5.85. The number of nitrogens with zero attached hydrogens (tertiary/aromatic N) is 3. The predicted molar refractivity (Wildman–Crippen MR) is 126 cm³/mol. The molecule has 4 heterocycles. The van der Waals surface area contributed by atoms with E-state index in [1.807, 2.05) is 30.7 Å². The van der Waals surface area contributed by atoms with Gasteiger partial charge in [-0.15, -0.1) is 0 Å². The molecule has 210 valence electrons. The van der Waals surface area contributed by atoms with Gasteiger partial charge in [-0.3, -0.25) is 4.98 Å². The van der Waals surface area contributed by atoms with E-state index in [0.29, 0.717) is 0 Å². The van der Waals surface area contributed by atoms with E-state index in [1.54, 1.807) is 0 Å². The number of H-pyrrole nitrogens is 1. The van der Waals surface area contributed by atoms with E-state index < -0.39 is 24.3 Å². The van der Waals surface area contributed by atoms with Crippen LogP contribution in [0.15, 0.2) is 36.8 Å². The van der Waals surface area contributed by atoms with Crippen molar-refractivity contribution < 1.29 is 46.1 Å². The fourth-order valence-electron chi connectivity index (χ4n) is 4.11. The Hall–Kier alpha value is -4.17. The van der Waals surface area contributed by atoms with E-state index >= 15 is 0 Å². The first-order valence-corrected chi connectivity index (χ1v) is 11.6. The number of pyridine rings is 2. The first-order valence-electron chi connectivity index (χ1n) is 11.6. The maximum absolute atomic E-state index is 10.6. The van der Waals surface area contributed by atoms with Gasteiger partial charge in [0, 0.05) is 29.9 Å². The van der Waals surface area contributed by atoms with Crippen molar-refractivity contribution in [3.63, 3.8) is 0 Å². The number of carbonyl (C=O) groups is 2. The second-order valence-electron chi connectivity index (χ2n) is 8.67. The molecule has 0 unspecified atom stereocenters. The van der Waals surface area contributed by atoms with Gasteiger partial charge >= 0.3 is 24.3 Å². The average Bonchev–Trinajstić information content (AvgIpc) is 3.23. The molecule has 1 saturated carbocycles. The summed E-state index contributed by atoms with van der Waals surface area (Å²) in [4.78, 5) is 35.2. The Bertz CT molecular complexity index is 1220. The van der Waals surface area contributed by atoms with Crippen molar-refractivity contribution in [2.24, 2.45) is 5.92 Å². The lowest BCUT2D eigenvalue weighted by Crippen LogP contribution is -2.21. The fourth-order valence-corrected chi connectivity index (χ4v) is 4.11. The highest BCUT2D eigenvalue weighted by atomic mass is 19.4. The molecule has 0 bridgehead atoms. The Kier molecular flexibility index (Phi) is 9.14. The van der Waals surface area contributed by atoms with Crippen LogP contribution >= 0.6 is 0 Å². The van der Waals surface area contributed by atoms with Crippen LogP contribution in [0.4, 0.5) is 37.8 Å². The second kappa shape index (κ2) is 12.1. The summed E-state index contributed by atoms with van der Waals surface area (Å²) >= 11 is 0. The number of aromatic amines is 1. The van der Waals surface area contributed by atoms with Crippen molar-refractivity contribution in [3.05, 3.63) is 42.6 Å². The minimum absolute atomic E-state index is 0.756. The van der Waals surface area contributed by atoms with Crippen LogP contribution in [0.3, 0.4) is 0 Å². The third kappa shape index (κ3) is 7.91. The quantitative estimate of drug-likeness (QED) is 0.220. The molecule has 0 radical (unpaired) electrons. The van der Waals surface area contributed by atoms with Crippen LogP contribution < -0.4 is 5.32 Å². The lowest BCUT2D eigenvalue weighted by atomic mass is 9.87. The number of aromatic nitrogens is 4. The Morgan fingerprint density at radius 3 is 2.13 bits per heavy atom. The normalized spacial score (nSPS) is 14.5. The molecule has 15 heteroatoms. The van der Waals surface area contributed by atoms with Crippen LogP contribution in [-0.2, 0) is 16.0 Å². The number of imidazole rings is 1. The Morgan fingerprint density at radius 2 is 1.54 bits per heavy atom. The smallest absolute Gasteiger partial charge is 0.475 e. The number of carboxylic acids is 2. The van der Waals surface area contributed by atoms with Gasteiger partial charge in [0.05, 0.1) is 17.6 Å². The molecule has 3 aromatic rings. The van der Waals surface area contributed by atoms with Gasteiger partial charge in [0.25, 0.3) is 0 Å². The van der Waals surface area contributed by atoms with Crippen LogP contribution in [0, 0.1) is 5.92 Å². The van der Waals surface area contributed by atoms with Crippen molar-refractivity contribution in [3.8, 4) is 22.5 Å². The predicted octanol–water partition coefficient (Wildman–Crippen LogP) is 5.98. The zero-order valence-electron chi connectivity index (χ0n) is 20.1. The molecule has 3 aromatic heterocycles. The minimum Gasteiger partial charge on any atom is -0.475 e. The molecule has 0 atom stereocenters. The Labute approximate surface area is 217 Å². The first kappa shape index (κ1) is 29.4. The summed E-state index contributed by atoms with van der Waals surface area (Å²) in [5.74, 6) is -2.82. The summed E-state index contributed by atoms with van der Waals surface area (Å²) in [6, 6.07) is 6.09. The molecule has 0 amide bonds. The molecule has 2 aliphatic rings. The number of nitrogens with one attached hydrogen (secondary N) is 2. The van der Waals surface area contributed by atoms with Crippen molar-refractivity contribution in [2.75, 3.05) is 5.32 Å². The lowest BCUT2D eigenvalue weighted by molar-refractivity contribution is -0.193. The van der Waals surface area contributed by atoms with Crippen molar-refractivity contribution in [1.82, 2.24) is 19.9 Å². The number of fused-ring (bicyclic) bond motifs is 5. The van der Waals surface area contributed by atoms with Gasteiger partial charge < -0.3 is 20.5 Å². The van der Waals surface area contributed by atoms with E-state index in [4.69, 9.17) is 24.8 Å². The SMILES string of the molecule is O=C(O)C(F)(F)F.O=C(O)C(F)(F)F.c1cnc2c(c1)-c1nc(CC3CCCCC3)[nH]c1-c1ccncc1N2. The number of halogens is 6. The van der Waals surface area contributed by atoms with E-state index in [1.165, 1.54) is 32.1 Å². The van der Waals surface area contributed by atoms with E-state index in [9.17, 15) is 26.3 Å². The lowest BCUT2D eigenvalue weighted by Gasteiger charge is -2.20. The maximum Gasteiger partial charge on any atom is 0.490 e. The summed E-state index contributed by atoms with van der Waals surface area (Å²) in [5, 5.41) is 17.7. The zero-order chi connectivity index (χ0) is 28.8. The van der Waals surface area contributed by atoms with Crippen LogP contribution in [0.25, 0.3) is 22.5 Å². The van der Waals surface area contributed by atoms with Crippen molar-refractivity contribution in [2.45, 2.75) is 50.9 Å². The van der Waals surface area contributed by atoms with Gasteiger partial charge in [0.15, 0.2) is 0 Å². The number of hydrogen-bond acceptors (Lipinski definition) is 6. The van der Waals surface area contributed by atoms with Crippen LogP contribution in [0.1, 0.15) is 37.9 Å². The van der Waals surface area contributed by atoms with Crippen LogP contribution in [-0.4, -0.2) is 54.4 Å². The summed E-state index contributed by atoms with van der Waals surface area (Å²) in [6.07, 6.45) is 3.11. The molecule has 9 nitrogen and oxygen atoms in total. The van der Waals surface area contributed by atoms with Gasteiger partial charge in [-0.2, -0.15) is 26.3 Å². The number of carboxylic acid groups (broad SMARTS) is 2. The highest BCUT2D eigenvalue weighted by Gasteiger charge is 2.38. The highest BCUT2D eigenvalue weighted by Crippen LogP contribution is 2.42. The minimum atomic E-state index is -5.08. The summed E-state index contributed by atoms with van der Waals surface area (Å²) in [5.41, 5.74) is 5.17. The van der Waals surface area contributed by atoms with Gasteiger partial charge in [-0.25, -0.2) is 19.6 Å². The number of alkyl halides is 6. The van der Waals surface area contributed by atoms with Crippen molar-refractivity contribution in [1.29, 1.82) is 0 Å². The summed E-state index contributed by atoms with van der Waals surface area (Å²) in [6.45, 7) is 0. The molecule has 1 aliphatic heterocycles. The van der Waals surface area contributed by atoms with Gasteiger partial charge in [0.2, 0.25) is 0 Å². The topological polar surface area (TPSA) is 141 Å². The molecule has 1 fully saturated rings. The Balaban J connectivity index is 0.000000251. The van der Waals surface area contributed by atoms with Gasteiger partial charge in [0.1, 0.15) is 17.3 Å². The van der Waals surface area contributed by atoms with E-state index in [-0.39, 0.29) is 0 Å². The maximum atomic E-state index is 10.6. The highest BCUT2D eigenvalue weighted by molar-refractivity contribution is 5.94.